The Morgan fingerprint density at radius 3 is 2.72 bits per heavy atom. The Morgan fingerprint density at radius 2 is 2.00 bits per heavy atom. The van der Waals surface area contributed by atoms with Crippen LogP contribution in [0.5, 0.6) is 0 Å². The maximum Gasteiger partial charge on any atom is 0.329 e. The molecule has 1 amide bonds. The van der Waals surface area contributed by atoms with Gasteiger partial charge in [0.25, 0.3) is 11.5 Å². The number of ether oxygens (including phenoxy) is 1. The quantitative estimate of drug-likeness (QED) is 0.478. The van der Waals surface area contributed by atoms with Crippen molar-refractivity contribution in [3.8, 4) is 0 Å². The molecular formula is C22H21Cl2N3O4S. The molecule has 3 aromatic rings. The number of hydrogen-bond acceptors (Lipinski definition) is 6. The average Bonchev–Trinajstić information content (AvgIpc) is 2.75. The van der Waals surface area contributed by atoms with Crippen LogP contribution in [0, 0.1) is 6.92 Å². The summed E-state index contributed by atoms with van der Waals surface area (Å²) in [4.78, 5) is 42.0. The number of carbonyl (C=O) groups excluding carboxylic acids is 2. The number of nitrogens with one attached hydrogen (secondary N) is 1. The van der Waals surface area contributed by atoms with E-state index in [1.165, 1.54) is 34.4 Å². The molecule has 3 rings (SSSR count). The average molecular weight is 494 g/mol. The summed E-state index contributed by atoms with van der Waals surface area (Å²) in [5.41, 5.74) is 1.64. The summed E-state index contributed by atoms with van der Waals surface area (Å²) in [5, 5.41) is 3.26. The number of esters is 1. The lowest BCUT2D eigenvalue weighted by molar-refractivity contribution is -0.147. The van der Waals surface area contributed by atoms with Gasteiger partial charge in [-0.1, -0.05) is 29.3 Å². The largest absolute Gasteiger partial charge is 0.458 e. The zero-order valence-electron chi connectivity index (χ0n) is 17.4. The Kier molecular flexibility index (Phi) is 8.17. The lowest BCUT2D eigenvalue weighted by Crippen LogP contribution is -2.42. The third kappa shape index (κ3) is 6.03. The van der Waals surface area contributed by atoms with Gasteiger partial charge in [0.15, 0.2) is 0 Å². The second-order valence-electron chi connectivity index (χ2n) is 7.06. The van der Waals surface area contributed by atoms with Crippen LogP contribution in [-0.4, -0.2) is 39.3 Å². The van der Waals surface area contributed by atoms with Crippen LogP contribution in [0.3, 0.4) is 0 Å². The molecule has 0 aliphatic carbocycles. The van der Waals surface area contributed by atoms with Crippen molar-refractivity contribution in [2.75, 3.05) is 12.0 Å². The summed E-state index contributed by atoms with van der Waals surface area (Å²) >= 11 is 13.5. The molecule has 0 radical (unpaired) electrons. The number of pyridine rings is 1. The summed E-state index contributed by atoms with van der Waals surface area (Å²) in [6.07, 6.45) is 3.95. The van der Waals surface area contributed by atoms with Gasteiger partial charge in [-0.25, -0.2) is 9.78 Å². The molecule has 0 aliphatic heterocycles. The van der Waals surface area contributed by atoms with E-state index in [1.807, 2.05) is 19.2 Å². The number of nitrogens with zero attached hydrogens (tertiary/aromatic N) is 2. The first kappa shape index (κ1) is 24.1. The highest BCUT2D eigenvalue weighted by atomic mass is 35.5. The Balaban J connectivity index is 1.72. The molecule has 0 saturated heterocycles. The van der Waals surface area contributed by atoms with Crippen molar-refractivity contribution in [3.63, 3.8) is 0 Å². The number of carbonyl (C=O) groups is 2. The third-order valence-corrected chi connectivity index (χ3v) is 5.79. The fourth-order valence-electron chi connectivity index (χ4n) is 2.97. The van der Waals surface area contributed by atoms with Crippen LogP contribution in [0.25, 0.3) is 5.65 Å². The summed E-state index contributed by atoms with van der Waals surface area (Å²) < 4.78 is 6.80. The summed E-state index contributed by atoms with van der Waals surface area (Å²) in [6, 6.07) is 8.49. The van der Waals surface area contributed by atoms with Crippen LogP contribution in [0.1, 0.15) is 28.0 Å². The van der Waals surface area contributed by atoms with Gasteiger partial charge < -0.3 is 10.1 Å². The van der Waals surface area contributed by atoms with E-state index in [1.54, 1.807) is 18.3 Å². The van der Waals surface area contributed by atoms with Crippen molar-refractivity contribution in [1.29, 1.82) is 0 Å². The number of benzene rings is 1. The molecule has 2 heterocycles. The number of fused-ring (bicyclic) bond motifs is 1. The van der Waals surface area contributed by atoms with Gasteiger partial charge in [0.05, 0.1) is 16.3 Å². The smallest absolute Gasteiger partial charge is 0.329 e. The fourth-order valence-corrected chi connectivity index (χ4v) is 3.94. The number of aryl methyl sites for hydroxylation is 1. The minimum absolute atomic E-state index is 0.183. The highest BCUT2D eigenvalue weighted by molar-refractivity contribution is 7.98. The molecule has 1 N–H and O–H groups in total. The van der Waals surface area contributed by atoms with Crippen LogP contribution < -0.4 is 10.9 Å². The second-order valence-corrected chi connectivity index (χ2v) is 8.89. The molecule has 0 bridgehead atoms. The van der Waals surface area contributed by atoms with Gasteiger partial charge in [-0.2, -0.15) is 11.8 Å². The summed E-state index contributed by atoms with van der Waals surface area (Å²) in [5.74, 6) is -0.501. The molecule has 1 atom stereocenters. The molecule has 0 aliphatic rings. The van der Waals surface area contributed by atoms with Crippen molar-refractivity contribution in [1.82, 2.24) is 14.7 Å². The lowest BCUT2D eigenvalue weighted by atomic mass is 10.1. The number of aromatic nitrogens is 2. The Hall–Kier alpha value is -2.55. The first-order valence-corrected chi connectivity index (χ1v) is 11.8. The van der Waals surface area contributed by atoms with Crippen LogP contribution in [-0.2, 0) is 16.1 Å². The Bertz CT molecular complexity index is 1220. The first-order chi connectivity index (χ1) is 15.3. The van der Waals surface area contributed by atoms with Gasteiger partial charge in [-0.05, 0) is 55.2 Å². The third-order valence-electron chi connectivity index (χ3n) is 4.60. The van der Waals surface area contributed by atoms with Crippen molar-refractivity contribution in [2.24, 2.45) is 0 Å². The van der Waals surface area contributed by atoms with Crippen molar-refractivity contribution < 1.29 is 14.3 Å². The molecule has 168 valence electrons. The molecule has 2 aromatic heterocycles. The molecular weight excluding hydrogens is 473 g/mol. The SMILES string of the molecule is CSCCC(NC(=O)c1ccc(Cl)cc1Cl)C(=O)OCc1cc(=O)n2cc(C)ccc2n1. The minimum atomic E-state index is -0.883. The Labute approximate surface area is 199 Å². The van der Waals surface area contributed by atoms with E-state index >= 15 is 0 Å². The highest BCUT2D eigenvalue weighted by Gasteiger charge is 2.24. The predicted molar refractivity (Wildman–Crippen MR) is 127 cm³/mol. The second kappa shape index (κ2) is 10.8. The van der Waals surface area contributed by atoms with E-state index in [2.05, 4.69) is 10.3 Å². The number of halogens is 2. The van der Waals surface area contributed by atoms with Crippen molar-refractivity contribution >= 4 is 52.5 Å². The number of rotatable bonds is 8. The summed E-state index contributed by atoms with van der Waals surface area (Å²) in [7, 11) is 0. The maximum absolute atomic E-state index is 12.7. The van der Waals surface area contributed by atoms with Crippen LogP contribution in [0.15, 0.2) is 47.4 Å². The van der Waals surface area contributed by atoms with E-state index < -0.39 is 17.9 Å². The van der Waals surface area contributed by atoms with Crippen molar-refractivity contribution in [3.05, 3.63) is 79.8 Å². The number of hydrogen-bond donors (Lipinski definition) is 1. The molecule has 1 unspecified atom stereocenters. The zero-order chi connectivity index (χ0) is 23.3. The topological polar surface area (TPSA) is 89.8 Å². The van der Waals surface area contributed by atoms with Gasteiger partial charge >= 0.3 is 5.97 Å². The Morgan fingerprint density at radius 1 is 1.22 bits per heavy atom. The number of thioether (sulfide) groups is 1. The van der Waals surface area contributed by atoms with Crippen LogP contribution in [0.2, 0.25) is 10.0 Å². The van der Waals surface area contributed by atoms with Crippen LogP contribution in [0.4, 0.5) is 0 Å². The minimum Gasteiger partial charge on any atom is -0.458 e. The van der Waals surface area contributed by atoms with E-state index in [4.69, 9.17) is 27.9 Å². The molecule has 0 spiro atoms. The highest BCUT2D eigenvalue weighted by Crippen LogP contribution is 2.21. The van der Waals surface area contributed by atoms with Crippen LogP contribution >= 0.6 is 35.0 Å². The van der Waals surface area contributed by atoms with E-state index in [0.29, 0.717) is 28.5 Å². The first-order valence-electron chi connectivity index (χ1n) is 9.69. The van der Waals surface area contributed by atoms with Gasteiger partial charge in [0.1, 0.15) is 18.3 Å². The fraction of sp³-hybridized carbons (Fsp3) is 0.273. The molecule has 10 heteroatoms. The summed E-state index contributed by atoms with van der Waals surface area (Å²) in [6.45, 7) is 1.69. The standard InChI is InChI=1S/C22H21Cl2N3O4S/c1-13-3-6-19-25-15(10-20(28)27(19)11-13)12-31-22(30)18(7-8-32-2)26-21(29)16-5-4-14(23)9-17(16)24/h3-6,9-11,18H,7-8,12H2,1-2H3,(H,26,29). The lowest BCUT2D eigenvalue weighted by Gasteiger charge is -2.18. The molecule has 0 fully saturated rings. The van der Waals surface area contributed by atoms with Gasteiger partial charge in [0.2, 0.25) is 0 Å². The normalized spacial score (nSPS) is 11.9. The zero-order valence-corrected chi connectivity index (χ0v) is 19.8. The predicted octanol–water partition coefficient (Wildman–Crippen LogP) is 3.90. The molecule has 32 heavy (non-hydrogen) atoms. The molecule has 7 nitrogen and oxygen atoms in total. The number of amides is 1. The van der Waals surface area contributed by atoms with Gasteiger partial charge in [-0.15, -0.1) is 0 Å². The van der Waals surface area contributed by atoms with Gasteiger partial charge in [-0.3, -0.25) is 14.0 Å². The molecule has 1 aromatic carbocycles. The van der Waals surface area contributed by atoms with E-state index in [9.17, 15) is 14.4 Å². The molecule has 0 saturated carbocycles. The van der Waals surface area contributed by atoms with Crippen molar-refractivity contribution in [2.45, 2.75) is 26.0 Å². The maximum atomic E-state index is 12.7. The van der Waals surface area contributed by atoms with E-state index in [-0.39, 0.29) is 22.8 Å². The van der Waals surface area contributed by atoms with E-state index in [0.717, 1.165) is 5.56 Å². The van der Waals surface area contributed by atoms with Gasteiger partial charge in [0, 0.05) is 17.3 Å². The monoisotopic (exact) mass is 493 g/mol.